The predicted molar refractivity (Wildman–Crippen MR) is 58.0 cm³/mol. The van der Waals surface area contributed by atoms with Gasteiger partial charge in [-0.15, -0.1) is 0 Å². The maximum Gasteiger partial charge on any atom is 0.401 e. The molecular weight excluding hydrogens is 236 g/mol. The molecule has 17 heavy (non-hydrogen) atoms. The quantitative estimate of drug-likeness (QED) is 0.636. The molecule has 0 aromatic heterocycles. The SMILES string of the molecule is C[C@H](Cc1cccc(N)c1F)NCC(F)(F)F. The Labute approximate surface area is 96.8 Å². The number of hydrogen-bond donors (Lipinski definition) is 2. The molecular formula is C11H14F4N2. The minimum absolute atomic E-state index is 0.00511. The number of anilines is 1. The molecule has 2 nitrogen and oxygen atoms in total. The van der Waals surface area contributed by atoms with E-state index in [1.54, 1.807) is 13.0 Å². The lowest BCUT2D eigenvalue weighted by Crippen LogP contribution is -2.36. The number of halogens is 4. The average Bonchev–Trinajstić information content (AvgIpc) is 2.21. The van der Waals surface area contributed by atoms with Crippen LogP contribution >= 0.6 is 0 Å². The van der Waals surface area contributed by atoms with Crippen LogP contribution in [0.5, 0.6) is 0 Å². The standard InChI is InChI=1S/C11H14F4N2/c1-7(17-6-11(13,14)15)5-8-3-2-4-9(16)10(8)12/h2-4,7,17H,5-6,16H2,1H3/t7-/m1/s1. The maximum absolute atomic E-state index is 13.5. The zero-order chi connectivity index (χ0) is 13.1. The van der Waals surface area contributed by atoms with Crippen LogP contribution in [0.1, 0.15) is 12.5 Å². The van der Waals surface area contributed by atoms with E-state index in [9.17, 15) is 17.6 Å². The molecule has 0 amide bonds. The van der Waals surface area contributed by atoms with Crippen LogP contribution in [0, 0.1) is 5.82 Å². The van der Waals surface area contributed by atoms with Gasteiger partial charge in [0.15, 0.2) is 0 Å². The number of rotatable bonds is 4. The van der Waals surface area contributed by atoms with Crippen molar-refractivity contribution in [2.75, 3.05) is 12.3 Å². The topological polar surface area (TPSA) is 38.0 Å². The van der Waals surface area contributed by atoms with Crippen molar-refractivity contribution < 1.29 is 17.6 Å². The summed E-state index contributed by atoms with van der Waals surface area (Å²) in [6.07, 6.45) is -4.10. The van der Waals surface area contributed by atoms with Gasteiger partial charge in [0.1, 0.15) is 5.82 Å². The summed E-state index contributed by atoms with van der Waals surface area (Å²) >= 11 is 0. The van der Waals surface area contributed by atoms with Gasteiger partial charge in [-0.3, -0.25) is 0 Å². The van der Waals surface area contributed by atoms with E-state index in [0.29, 0.717) is 5.56 Å². The van der Waals surface area contributed by atoms with Gasteiger partial charge < -0.3 is 11.1 Å². The summed E-state index contributed by atoms with van der Waals surface area (Å²) in [6, 6.07) is 4.02. The smallest absolute Gasteiger partial charge is 0.396 e. The number of benzene rings is 1. The van der Waals surface area contributed by atoms with Crippen molar-refractivity contribution in [3.05, 3.63) is 29.6 Å². The summed E-state index contributed by atoms with van der Waals surface area (Å²) in [6.45, 7) is 0.479. The molecule has 0 saturated carbocycles. The fraction of sp³-hybridized carbons (Fsp3) is 0.455. The van der Waals surface area contributed by atoms with Crippen LogP contribution < -0.4 is 11.1 Å². The Morgan fingerprint density at radius 2 is 2.00 bits per heavy atom. The van der Waals surface area contributed by atoms with Gasteiger partial charge in [-0.1, -0.05) is 12.1 Å². The van der Waals surface area contributed by atoms with E-state index in [0.717, 1.165) is 0 Å². The van der Waals surface area contributed by atoms with Gasteiger partial charge >= 0.3 is 6.18 Å². The van der Waals surface area contributed by atoms with Gasteiger partial charge in [-0.05, 0) is 25.0 Å². The van der Waals surface area contributed by atoms with Crippen molar-refractivity contribution in [2.24, 2.45) is 0 Å². The summed E-state index contributed by atoms with van der Waals surface area (Å²) in [5.41, 5.74) is 5.68. The molecule has 0 heterocycles. The second-order valence-electron chi connectivity index (χ2n) is 3.92. The Morgan fingerprint density at radius 3 is 2.59 bits per heavy atom. The molecule has 0 saturated heterocycles. The van der Waals surface area contributed by atoms with Crippen molar-refractivity contribution in [2.45, 2.75) is 25.6 Å². The van der Waals surface area contributed by atoms with E-state index in [1.807, 2.05) is 0 Å². The van der Waals surface area contributed by atoms with Crippen LogP contribution in [-0.4, -0.2) is 18.8 Å². The average molecular weight is 250 g/mol. The molecule has 0 aliphatic rings. The van der Waals surface area contributed by atoms with Crippen molar-refractivity contribution in [1.29, 1.82) is 0 Å². The summed E-state index contributed by atoms with van der Waals surface area (Å²) in [5.74, 6) is -0.562. The van der Waals surface area contributed by atoms with E-state index < -0.39 is 24.6 Å². The first kappa shape index (κ1) is 13.8. The number of alkyl halides is 3. The highest BCUT2D eigenvalue weighted by atomic mass is 19.4. The van der Waals surface area contributed by atoms with Crippen LogP contribution in [0.3, 0.4) is 0 Å². The summed E-state index contributed by atoms with van der Waals surface area (Å²) in [5, 5.41) is 2.29. The Hall–Kier alpha value is -1.30. The number of nitrogens with one attached hydrogen (secondary N) is 1. The number of nitrogens with two attached hydrogens (primary N) is 1. The second kappa shape index (κ2) is 5.35. The second-order valence-corrected chi connectivity index (χ2v) is 3.92. The third kappa shape index (κ3) is 4.60. The van der Waals surface area contributed by atoms with E-state index in [-0.39, 0.29) is 12.1 Å². The normalized spacial score (nSPS) is 13.7. The van der Waals surface area contributed by atoms with Gasteiger partial charge in [-0.25, -0.2) is 4.39 Å². The monoisotopic (exact) mass is 250 g/mol. The van der Waals surface area contributed by atoms with Gasteiger partial charge in [0.25, 0.3) is 0 Å². The van der Waals surface area contributed by atoms with Crippen LogP contribution in [-0.2, 0) is 6.42 Å². The van der Waals surface area contributed by atoms with Crippen molar-refractivity contribution in [3.63, 3.8) is 0 Å². The van der Waals surface area contributed by atoms with Crippen LogP contribution in [0.4, 0.5) is 23.2 Å². The Bertz CT molecular complexity index is 376. The number of nitrogen functional groups attached to an aromatic ring is 1. The Balaban J connectivity index is 2.56. The lowest BCUT2D eigenvalue weighted by atomic mass is 10.1. The first-order valence-electron chi connectivity index (χ1n) is 5.12. The summed E-state index contributed by atoms with van der Waals surface area (Å²) < 4.78 is 49.3. The van der Waals surface area contributed by atoms with Gasteiger partial charge in [0.2, 0.25) is 0 Å². The minimum atomic E-state index is -4.26. The third-order valence-electron chi connectivity index (χ3n) is 2.29. The van der Waals surface area contributed by atoms with Crippen molar-refractivity contribution in [3.8, 4) is 0 Å². The lowest BCUT2D eigenvalue weighted by Gasteiger charge is -2.16. The molecule has 1 atom stereocenters. The van der Waals surface area contributed by atoms with Crippen LogP contribution in [0.15, 0.2) is 18.2 Å². The molecule has 0 aliphatic heterocycles. The highest BCUT2D eigenvalue weighted by Gasteiger charge is 2.27. The fourth-order valence-corrected chi connectivity index (χ4v) is 1.45. The largest absolute Gasteiger partial charge is 0.401 e. The van der Waals surface area contributed by atoms with E-state index in [2.05, 4.69) is 5.32 Å². The molecule has 3 N–H and O–H groups in total. The van der Waals surface area contributed by atoms with Crippen LogP contribution in [0.25, 0.3) is 0 Å². The third-order valence-corrected chi connectivity index (χ3v) is 2.29. The molecule has 1 aromatic rings. The predicted octanol–water partition coefficient (Wildman–Crippen LogP) is 2.49. The molecule has 1 aromatic carbocycles. The fourth-order valence-electron chi connectivity index (χ4n) is 1.45. The molecule has 0 bridgehead atoms. The Kier molecular flexibility index (Phi) is 4.34. The minimum Gasteiger partial charge on any atom is -0.396 e. The maximum atomic E-state index is 13.5. The highest BCUT2D eigenvalue weighted by Crippen LogP contribution is 2.17. The van der Waals surface area contributed by atoms with E-state index in [1.165, 1.54) is 12.1 Å². The first-order chi connectivity index (χ1) is 7.79. The molecule has 0 radical (unpaired) electrons. The summed E-state index contributed by atoms with van der Waals surface area (Å²) in [7, 11) is 0. The van der Waals surface area contributed by atoms with Gasteiger partial charge in [0.05, 0.1) is 12.2 Å². The number of hydrogen-bond acceptors (Lipinski definition) is 2. The summed E-state index contributed by atoms with van der Waals surface area (Å²) in [4.78, 5) is 0. The van der Waals surface area contributed by atoms with Crippen LogP contribution in [0.2, 0.25) is 0 Å². The molecule has 1 rings (SSSR count). The van der Waals surface area contributed by atoms with Crippen molar-refractivity contribution in [1.82, 2.24) is 5.32 Å². The zero-order valence-corrected chi connectivity index (χ0v) is 9.31. The molecule has 0 fully saturated rings. The van der Waals surface area contributed by atoms with Gasteiger partial charge in [0, 0.05) is 6.04 Å². The molecule has 0 unspecified atom stereocenters. The van der Waals surface area contributed by atoms with E-state index in [4.69, 9.17) is 5.73 Å². The first-order valence-corrected chi connectivity index (χ1v) is 5.12. The van der Waals surface area contributed by atoms with E-state index >= 15 is 0 Å². The highest BCUT2D eigenvalue weighted by molar-refractivity contribution is 5.43. The molecule has 96 valence electrons. The zero-order valence-electron chi connectivity index (χ0n) is 9.31. The molecule has 0 aliphatic carbocycles. The van der Waals surface area contributed by atoms with Gasteiger partial charge in [-0.2, -0.15) is 13.2 Å². The lowest BCUT2D eigenvalue weighted by molar-refractivity contribution is -0.126. The molecule has 0 spiro atoms. The Morgan fingerprint density at radius 1 is 1.35 bits per heavy atom. The van der Waals surface area contributed by atoms with Crippen molar-refractivity contribution >= 4 is 5.69 Å². The molecule has 6 heteroatoms.